The van der Waals surface area contributed by atoms with Crippen LogP contribution in [0.25, 0.3) is 0 Å². The van der Waals surface area contributed by atoms with Crippen molar-refractivity contribution in [2.24, 2.45) is 4.99 Å². The first-order valence-corrected chi connectivity index (χ1v) is 4.98. The lowest BCUT2D eigenvalue weighted by molar-refractivity contribution is 0.0601. The number of benzene rings is 1. The molecular formula is C11H12FN3O2. The molecule has 17 heavy (non-hydrogen) atoms. The minimum absolute atomic E-state index is 0.0363. The number of hydrogen-bond acceptors (Lipinski definition) is 5. The summed E-state index contributed by atoms with van der Waals surface area (Å²) in [6.07, 6.45) is 1.52. The first kappa shape index (κ1) is 11.4. The fraction of sp³-hybridized carbons (Fsp3) is 0.273. The van der Waals surface area contributed by atoms with Crippen LogP contribution in [0.2, 0.25) is 0 Å². The second-order valence-corrected chi connectivity index (χ2v) is 3.81. The fourth-order valence-corrected chi connectivity index (χ4v) is 1.71. The zero-order chi connectivity index (χ0) is 12.6. The molecule has 2 N–H and O–H groups in total. The molecule has 0 saturated heterocycles. The minimum Gasteiger partial charge on any atom is -0.465 e. The zero-order valence-corrected chi connectivity index (χ0v) is 9.53. The molecule has 1 heterocycles. The molecule has 1 aliphatic heterocycles. The lowest BCUT2D eigenvalue weighted by atomic mass is 10.0. The summed E-state index contributed by atoms with van der Waals surface area (Å²) in [5.41, 5.74) is 6.17. The molecule has 0 fully saturated rings. The molecule has 0 unspecified atom stereocenters. The lowest BCUT2D eigenvalue weighted by Crippen LogP contribution is -2.20. The number of fused-ring (bicyclic) bond motifs is 1. The largest absolute Gasteiger partial charge is 0.465 e. The SMILES string of the molecule is COC(=O)c1cc2c(c(F)c1N)N=CN(C)C2. The van der Waals surface area contributed by atoms with Gasteiger partial charge in [0, 0.05) is 19.2 Å². The number of rotatable bonds is 1. The second kappa shape index (κ2) is 4.04. The highest BCUT2D eigenvalue weighted by atomic mass is 19.1. The van der Waals surface area contributed by atoms with Gasteiger partial charge in [0.1, 0.15) is 5.69 Å². The van der Waals surface area contributed by atoms with E-state index in [9.17, 15) is 9.18 Å². The number of hydrogen-bond donors (Lipinski definition) is 1. The molecule has 2 rings (SSSR count). The highest BCUT2D eigenvalue weighted by molar-refractivity contribution is 5.96. The zero-order valence-electron chi connectivity index (χ0n) is 9.53. The lowest BCUT2D eigenvalue weighted by Gasteiger charge is -2.21. The van der Waals surface area contributed by atoms with Gasteiger partial charge in [-0.15, -0.1) is 0 Å². The van der Waals surface area contributed by atoms with Gasteiger partial charge >= 0.3 is 5.97 Å². The Labute approximate surface area is 97.7 Å². The smallest absolute Gasteiger partial charge is 0.340 e. The summed E-state index contributed by atoms with van der Waals surface area (Å²) in [6, 6.07) is 1.52. The van der Waals surface area contributed by atoms with Crippen molar-refractivity contribution in [3.8, 4) is 0 Å². The standard InChI is InChI=1S/C11H12FN3O2/c1-15-4-6-3-7(11(16)17-2)9(13)8(12)10(6)14-5-15/h3,5H,4,13H2,1-2H3. The number of halogens is 1. The number of anilines is 1. The van der Waals surface area contributed by atoms with Gasteiger partial charge in [-0.3, -0.25) is 0 Å². The maximum Gasteiger partial charge on any atom is 0.340 e. The normalized spacial score (nSPS) is 13.5. The van der Waals surface area contributed by atoms with Crippen molar-refractivity contribution in [1.82, 2.24) is 4.90 Å². The molecule has 1 aromatic rings. The third-order valence-electron chi connectivity index (χ3n) is 2.57. The number of carbonyl (C=O) groups is 1. The molecular weight excluding hydrogens is 225 g/mol. The number of nitrogen functional groups attached to an aromatic ring is 1. The topological polar surface area (TPSA) is 67.9 Å². The molecule has 1 aliphatic rings. The van der Waals surface area contributed by atoms with Crippen molar-refractivity contribution >= 4 is 23.7 Å². The van der Waals surface area contributed by atoms with Crippen LogP contribution in [0.1, 0.15) is 15.9 Å². The fourth-order valence-electron chi connectivity index (χ4n) is 1.71. The number of esters is 1. The highest BCUT2D eigenvalue weighted by Crippen LogP contribution is 2.33. The molecule has 0 amide bonds. The number of methoxy groups -OCH3 is 1. The molecule has 1 aromatic carbocycles. The van der Waals surface area contributed by atoms with Crippen LogP contribution in [0.4, 0.5) is 15.8 Å². The Balaban J connectivity index is 2.60. The number of nitrogens with two attached hydrogens (primary N) is 1. The monoisotopic (exact) mass is 237 g/mol. The van der Waals surface area contributed by atoms with Crippen molar-refractivity contribution in [2.75, 3.05) is 19.9 Å². The Hall–Kier alpha value is -2.11. The first-order valence-electron chi connectivity index (χ1n) is 4.98. The van der Waals surface area contributed by atoms with E-state index in [0.29, 0.717) is 12.1 Å². The van der Waals surface area contributed by atoms with E-state index in [1.807, 2.05) is 0 Å². The second-order valence-electron chi connectivity index (χ2n) is 3.81. The summed E-state index contributed by atoms with van der Waals surface area (Å²) in [5, 5.41) is 0. The van der Waals surface area contributed by atoms with Crippen LogP contribution in [0.3, 0.4) is 0 Å². The average Bonchev–Trinajstić information content (AvgIpc) is 2.32. The van der Waals surface area contributed by atoms with Crippen LogP contribution in [-0.2, 0) is 11.3 Å². The van der Waals surface area contributed by atoms with Crippen molar-refractivity contribution in [1.29, 1.82) is 0 Å². The van der Waals surface area contributed by atoms with Gasteiger partial charge in [-0.25, -0.2) is 14.2 Å². The maximum atomic E-state index is 13.9. The van der Waals surface area contributed by atoms with Gasteiger partial charge in [0.15, 0.2) is 5.82 Å². The molecule has 0 spiro atoms. The number of nitrogens with zero attached hydrogens (tertiary/aromatic N) is 2. The third-order valence-corrected chi connectivity index (χ3v) is 2.57. The molecule has 5 nitrogen and oxygen atoms in total. The van der Waals surface area contributed by atoms with Gasteiger partial charge in [-0.1, -0.05) is 0 Å². The van der Waals surface area contributed by atoms with Crippen molar-refractivity contribution in [3.63, 3.8) is 0 Å². The van der Waals surface area contributed by atoms with E-state index in [4.69, 9.17) is 5.73 Å². The molecule has 6 heteroatoms. The third kappa shape index (κ3) is 1.82. The van der Waals surface area contributed by atoms with E-state index >= 15 is 0 Å². The molecule has 0 atom stereocenters. The van der Waals surface area contributed by atoms with Gasteiger partial charge in [-0.05, 0) is 6.07 Å². The summed E-state index contributed by atoms with van der Waals surface area (Å²) in [6.45, 7) is 0.472. The summed E-state index contributed by atoms with van der Waals surface area (Å²) < 4.78 is 18.5. The Morgan fingerprint density at radius 3 is 3.00 bits per heavy atom. The minimum atomic E-state index is -0.674. The van der Waals surface area contributed by atoms with Gasteiger partial charge < -0.3 is 15.4 Å². The van der Waals surface area contributed by atoms with Crippen LogP contribution in [-0.4, -0.2) is 31.4 Å². The summed E-state index contributed by atoms with van der Waals surface area (Å²) in [4.78, 5) is 17.2. The predicted octanol–water partition coefficient (Wildman–Crippen LogP) is 1.30. The van der Waals surface area contributed by atoms with Crippen LogP contribution >= 0.6 is 0 Å². The van der Waals surface area contributed by atoms with Crippen molar-refractivity contribution in [3.05, 3.63) is 23.0 Å². The molecule has 0 aliphatic carbocycles. The van der Waals surface area contributed by atoms with E-state index in [-0.39, 0.29) is 16.9 Å². The maximum absolute atomic E-state index is 13.9. The average molecular weight is 237 g/mol. The molecule has 90 valence electrons. The summed E-state index contributed by atoms with van der Waals surface area (Å²) >= 11 is 0. The van der Waals surface area contributed by atoms with Gasteiger partial charge in [-0.2, -0.15) is 0 Å². The quantitative estimate of drug-likeness (QED) is 0.590. The van der Waals surface area contributed by atoms with Crippen molar-refractivity contribution in [2.45, 2.75) is 6.54 Å². The van der Waals surface area contributed by atoms with E-state index in [1.165, 1.54) is 19.5 Å². The number of ether oxygens (including phenoxy) is 1. The molecule has 0 radical (unpaired) electrons. The Kier molecular flexibility index (Phi) is 2.71. The van der Waals surface area contributed by atoms with Crippen molar-refractivity contribution < 1.29 is 13.9 Å². The Morgan fingerprint density at radius 1 is 1.65 bits per heavy atom. The van der Waals surface area contributed by atoms with E-state index < -0.39 is 11.8 Å². The van der Waals surface area contributed by atoms with Gasteiger partial charge in [0.2, 0.25) is 0 Å². The van der Waals surface area contributed by atoms with Crippen LogP contribution in [0.5, 0.6) is 0 Å². The predicted molar refractivity (Wildman–Crippen MR) is 61.8 cm³/mol. The van der Waals surface area contributed by atoms with Crippen LogP contribution < -0.4 is 5.73 Å². The first-order chi connectivity index (χ1) is 8.04. The number of aliphatic imine (C=N–C) groups is 1. The van der Waals surface area contributed by atoms with E-state index in [2.05, 4.69) is 9.73 Å². The molecule has 0 aromatic heterocycles. The van der Waals surface area contributed by atoms with Gasteiger partial charge in [0.25, 0.3) is 0 Å². The summed E-state index contributed by atoms with van der Waals surface area (Å²) in [7, 11) is 3.03. The Morgan fingerprint density at radius 2 is 2.35 bits per heavy atom. The van der Waals surface area contributed by atoms with Crippen LogP contribution in [0, 0.1) is 5.82 Å². The summed E-state index contributed by atoms with van der Waals surface area (Å²) in [5.74, 6) is -1.33. The highest BCUT2D eigenvalue weighted by Gasteiger charge is 2.22. The molecule has 0 bridgehead atoms. The Bertz CT molecular complexity index is 514. The van der Waals surface area contributed by atoms with E-state index in [1.54, 1.807) is 11.9 Å². The van der Waals surface area contributed by atoms with Crippen LogP contribution in [0.15, 0.2) is 11.1 Å². The van der Waals surface area contributed by atoms with E-state index in [0.717, 1.165) is 0 Å². The van der Waals surface area contributed by atoms with Gasteiger partial charge in [0.05, 0.1) is 24.7 Å². The number of carbonyl (C=O) groups excluding carboxylic acids is 1. The molecule has 0 saturated carbocycles.